The lowest BCUT2D eigenvalue weighted by Crippen LogP contribution is -2.35. The molecule has 2 rings (SSSR count). The Bertz CT molecular complexity index is 317. The van der Waals surface area contributed by atoms with Gasteiger partial charge in [-0.05, 0) is 25.1 Å². The van der Waals surface area contributed by atoms with Gasteiger partial charge in [-0.25, -0.2) is 4.79 Å². The lowest BCUT2D eigenvalue weighted by Gasteiger charge is -2.26. The van der Waals surface area contributed by atoms with Gasteiger partial charge in [0.2, 0.25) is 0 Å². The van der Waals surface area contributed by atoms with E-state index in [0.29, 0.717) is 6.04 Å². The topological polar surface area (TPSA) is 62.2 Å². The highest BCUT2D eigenvalue weighted by Gasteiger charge is 2.19. The standard InChI is InChI=1S/C9H10N2O2/c12-9(13)6-1-2-7(11-5-6)8-3-4-10-8/h1-2,5,8,10H,3-4H2,(H,12,13)/t8-/m0/s1. The zero-order valence-corrected chi connectivity index (χ0v) is 7.03. The van der Waals surface area contributed by atoms with Gasteiger partial charge in [0.05, 0.1) is 17.3 Å². The first-order valence-electron chi connectivity index (χ1n) is 4.20. The van der Waals surface area contributed by atoms with Gasteiger partial charge in [-0.15, -0.1) is 0 Å². The number of nitrogens with one attached hydrogen (secondary N) is 1. The van der Waals surface area contributed by atoms with E-state index >= 15 is 0 Å². The SMILES string of the molecule is O=C(O)c1ccc([C@@H]2CCN2)nc1. The molecule has 1 aliphatic rings. The highest BCUT2D eigenvalue weighted by molar-refractivity contribution is 5.87. The van der Waals surface area contributed by atoms with E-state index in [-0.39, 0.29) is 5.56 Å². The Morgan fingerprint density at radius 1 is 1.62 bits per heavy atom. The maximum absolute atomic E-state index is 10.5. The maximum atomic E-state index is 10.5. The van der Waals surface area contributed by atoms with Gasteiger partial charge in [0.15, 0.2) is 0 Å². The Morgan fingerprint density at radius 2 is 2.38 bits per heavy atom. The van der Waals surface area contributed by atoms with E-state index in [1.54, 1.807) is 12.1 Å². The molecule has 1 aromatic heterocycles. The molecule has 1 fully saturated rings. The number of pyridine rings is 1. The molecule has 1 saturated heterocycles. The molecule has 0 bridgehead atoms. The second kappa shape index (κ2) is 3.14. The van der Waals surface area contributed by atoms with Crippen LogP contribution >= 0.6 is 0 Å². The van der Waals surface area contributed by atoms with Crippen LogP contribution in [0.3, 0.4) is 0 Å². The third kappa shape index (κ3) is 1.53. The summed E-state index contributed by atoms with van der Waals surface area (Å²) in [5, 5.41) is 11.8. The minimum absolute atomic E-state index is 0.239. The number of aromatic carboxylic acids is 1. The molecule has 2 heterocycles. The van der Waals surface area contributed by atoms with Crippen LogP contribution in [0.5, 0.6) is 0 Å². The van der Waals surface area contributed by atoms with Crippen LogP contribution in [-0.4, -0.2) is 22.6 Å². The number of nitrogens with zero attached hydrogens (tertiary/aromatic N) is 1. The van der Waals surface area contributed by atoms with Gasteiger partial charge < -0.3 is 10.4 Å². The smallest absolute Gasteiger partial charge is 0.337 e. The quantitative estimate of drug-likeness (QED) is 0.703. The van der Waals surface area contributed by atoms with Crippen LogP contribution in [0, 0.1) is 0 Å². The predicted octanol–water partition coefficient (Wildman–Crippen LogP) is 0.814. The molecule has 0 amide bonds. The Kier molecular flexibility index (Phi) is 1.98. The fourth-order valence-electron chi connectivity index (χ4n) is 1.28. The normalized spacial score (nSPS) is 20.8. The molecule has 13 heavy (non-hydrogen) atoms. The van der Waals surface area contributed by atoms with Crippen LogP contribution < -0.4 is 5.32 Å². The Hall–Kier alpha value is -1.42. The average molecular weight is 178 g/mol. The summed E-state index contributed by atoms with van der Waals surface area (Å²) in [7, 11) is 0. The lowest BCUT2D eigenvalue weighted by molar-refractivity contribution is 0.0696. The Morgan fingerprint density at radius 3 is 2.77 bits per heavy atom. The van der Waals surface area contributed by atoms with Crippen molar-refractivity contribution in [3.8, 4) is 0 Å². The second-order valence-electron chi connectivity index (χ2n) is 3.07. The van der Waals surface area contributed by atoms with Gasteiger partial charge >= 0.3 is 5.97 Å². The number of carboxylic acids is 1. The van der Waals surface area contributed by atoms with Crippen molar-refractivity contribution < 1.29 is 9.90 Å². The second-order valence-corrected chi connectivity index (χ2v) is 3.07. The fraction of sp³-hybridized carbons (Fsp3) is 0.333. The Labute approximate surface area is 75.6 Å². The third-order valence-corrected chi connectivity index (χ3v) is 2.21. The van der Waals surface area contributed by atoms with Crippen LogP contribution in [0.4, 0.5) is 0 Å². The number of carboxylic acid groups (broad SMARTS) is 1. The van der Waals surface area contributed by atoms with E-state index in [1.165, 1.54) is 6.20 Å². The van der Waals surface area contributed by atoms with Gasteiger partial charge in [0, 0.05) is 6.20 Å². The molecule has 0 aliphatic carbocycles. The highest BCUT2D eigenvalue weighted by atomic mass is 16.4. The Balaban J connectivity index is 2.17. The molecule has 1 aliphatic heterocycles. The van der Waals surface area contributed by atoms with Crippen molar-refractivity contribution in [3.63, 3.8) is 0 Å². The summed E-state index contributed by atoms with van der Waals surface area (Å²) in [6.07, 6.45) is 2.48. The largest absolute Gasteiger partial charge is 0.478 e. The summed E-state index contributed by atoms with van der Waals surface area (Å²) >= 11 is 0. The molecule has 0 spiro atoms. The molecule has 4 nitrogen and oxygen atoms in total. The van der Waals surface area contributed by atoms with Gasteiger partial charge in [-0.3, -0.25) is 4.98 Å². The third-order valence-electron chi connectivity index (χ3n) is 2.21. The molecule has 0 radical (unpaired) electrons. The molecule has 0 aromatic carbocycles. The predicted molar refractivity (Wildman–Crippen MR) is 46.6 cm³/mol. The molecule has 0 saturated carbocycles. The molecular formula is C9H10N2O2. The summed E-state index contributed by atoms with van der Waals surface area (Å²) < 4.78 is 0. The molecule has 68 valence electrons. The number of rotatable bonds is 2. The highest BCUT2D eigenvalue weighted by Crippen LogP contribution is 2.20. The minimum Gasteiger partial charge on any atom is -0.478 e. The molecule has 0 unspecified atom stereocenters. The number of hydrogen-bond donors (Lipinski definition) is 2. The van der Waals surface area contributed by atoms with Crippen LogP contribution in [0.25, 0.3) is 0 Å². The molecule has 1 aromatic rings. The zero-order chi connectivity index (χ0) is 9.26. The number of hydrogen-bond acceptors (Lipinski definition) is 3. The summed E-state index contributed by atoms with van der Waals surface area (Å²) in [5.41, 5.74) is 1.17. The van der Waals surface area contributed by atoms with Crippen molar-refractivity contribution >= 4 is 5.97 Å². The number of carbonyl (C=O) groups is 1. The first-order chi connectivity index (χ1) is 6.27. The van der Waals surface area contributed by atoms with Crippen LogP contribution in [0.2, 0.25) is 0 Å². The molecule has 1 atom stereocenters. The van der Waals surface area contributed by atoms with Crippen LogP contribution in [0.15, 0.2) is 18.3 Å². The number of aromatic nitrogens is 1. The first kappa shape index (κ1) is 8.19. The summed E-state index contributed by atoms with van der Waals surface area (Å²) in [6, 6.07) is 3.67. The fourth-order valence-corrected chi connectivity index (χ4v) is 1.28. The average Bonchev–Trinajstić information content (AvgIpc) is 2.02. The lowest BCUT2D eigenvalue weighted by atomic mass is 10.0. The first-order valence-corrected chi connectivity index (χ1v) is 4.20. The summed E-state index contributed by atoms with van der Waals surface area (Å²) in [6.45, 7) is 1.02. The molecule has 2 N–H and O–H groups in total. The van der Waals surface area contributed by atoms with Crippen molar-refractivity contribution in [2.75, 3.05) is 6.54 Å². The van der Waals surface area contributed by atoms with Crippen LogP contribution in [-0.2, 0) is 0 Å². The van der Waals surface area contributed by atoms with E-state index in [0.717, 1.165) is 18.7 Å². The van der Waals surface area contributed by atoms with Gasteiger partial charge in [0.1, 0.15) is 0 Å². The minimum atomic E-state index is -0.930. The molecule has 4 heteroatoms. The van der Waals surface area contributed by atoms with Gasteiger partial charge in [-0.1, -0.05) is 0 Å². The van der Waals surface area contributed by atoms with Crippen LogP contribution in [0.1, 0.15) is 28.5 Å². The van der Waals surface area contributed by atoms with E-state index in [9.17, 15) is 4.79 Å². The summed E-state index contributed by atoms with van der Waals surface area (Å²) in [5.74, 6) is -0.930. The van der Waals surface area contributed by atoms with E-state index < -0.39 is 5.97 Å². The van der Waals surface area contributed by atoms with Crippen molar-refractivity contribution in [2.45, 2.75) is 12.5 Å². The van der Waals surface area contributed by atoms with Crippen molar-refractivity contribution in [3.05, 3.63) is 29.6 Å². The van der Waals surface area contributed by atoms with Gasteiger partial charge in [0.25, 0.3) is 0 Å². The molecular weight excluding hydrogens is 168 g/mol. The van der Waals surface area contributed by atoms with Crippen molar-refractivity contribution in [1.29, 1.82) is 0 Å². The van der Waals surface area contributed by atoms with Crippen molar-refractivity contribution in [1.82, 2.24) is 10.3 Å². The summed E-state index contributed by atoms with van der Waals surface area (Å²) in [4.78, 5) is 14.6. The van der Waals surface area contributed by atoms with E-state index in [4.69, 9.17) is 5.11 Å². The monoisotopic (exact) mass is 178 g/mol. The zero-order valence-electron chi connectivity index (χ0n) is 7.03. The van der Waals surface area contributed by atoms with Gasteiger partial charge in [-0.2, -0.15) is 0 Å². The maximum Gasteiger partial charge on any atom is 0.337 e. The van der Waals surface area contributed by atoms with E-state index in [2.05, 4.69) is 10.3 Å². The van der Waals surface area contributed by atoms with Crippen molar-refractivity contribution in [2.24, 2.45) is 0 Å². The van der Waals surface area contributed by atoms with E-state index in [1.807, 2.05) is 0 Å².